The molecule has 1 aliphatic carbocycles. The maximum atomic E-state index is 11.9. The smallest absolute Gasteiger partial charge is 0.250 e. The van der Waals surface area contributed by atoms with Crippen LogP contribution in [0.2, 0.25) is 18.1 Å². The van der Waals surface area contributed by atoms with Crippen molar-refractivity contribution in [2.45, 2.75) is 59.2 Å². The standard InChI is InChI=1S/C15H26O2Si/c1-11(2)10-12-13(16)8-9-14(12)17-18(6,7)15(3,4)5/h9-11H,8H2,1-7H3. The first-order valence-electron chi connectivity index (χ1n) is 6.69. The van der Waals surface area contributed by atoms with E-state index < -0.39 is 8.32 Å². The Kier molecular flexibility index (Phi) is 4.26. The maximum Gasteiger partial charge on any atom is 0.250 e. The molecule has 0 amide bonds. The molecule has 0 heterocycles. The summed E-state index contributed by atoms with van der Waals surface area (Å²) < 4.78 is 6.26. The number of carbonyl (C=O) groups excluding carboxylic acids is 1. The second-order valence-electron chi connectivity index (χ2n) is 6.88. The number of carbonyl (C=O) groups is 1. The van der Waals surface area contributed by atoms with E-state index in [9.17, 15) is 4.79 Å². The minimum atomic E-state index is -1.85. The fraction of sp³-hybridized carbons (Fsp3) is 0.667. The Balaban J connectivity index is 2.95. The fourth-order valence-electron chi connectivity index (χ4n) is 1.58. The molecule has 0 bridgehead atoms. The quantitative estimate of drug-likeness (QED) is 0.557. The van der Waals surface area contributed by atoms with Crippen molar-refractivity contribution in [1.82, 2.24) is 0 Å². The molecular formula is C15H26O2Si. The molecule has 0 radical (unpaired) electrons. The zero-order chi connectivity index (χ0) is 14.1. The molecule has 0 aromatic heterocycles. The normalized spacial score (nSPS) is 19.7. The summed E-state index contributed by atoms with van der Waals surface area (Å²) in [5.41, 5.74) is 0.787. The highest BCUT2D eigenvalue weighted by atomic mass is 28.4. The molecule has 1 rings (SSSR count). The lowest BCUT2D eigenvalue weighted by atomic mass is 10.1. The van der Waals surface area contributed by atoms with E-state index in [0.717, 1.165) is 11.3 Å². The minimum Gasteiger partial charge on any atom is -0.543 e. The van der Waals surface area contributed by atoms with Crippen LogP contribution in [0.4, 0.5) is 0 Å². The van der Waals surface area contributed by atoms with Gasteiger partial charge >= 0.3 is 0 Å². The van der Waals surface area contributed by atoms with Crippen molar-refractivity contribution < 1.29 is 9.22 Å². The predicted octanol–water partition coefficient (Wildman–Crippen LogP) is 4.45. The second-order valence-corrected chi connectivity index (χ2v) is 11.6. The van der Waals surface area contributed by atoms with Gasteiger partial charge in [-0.05, 0) is 30.1 Å². The van der Waals surface area contributed by atoms with E-state index in [1.54, 1.807) is 0 Å². The summed E-state index contributed by atoms with van der Waals surface area (Å²) in [6, 6.07) is 0. The van der Waals surface area contributed by atoms with Crippen molar-refractivity contribution >= 4 is 14.1 Å². The first-order chi connectivity index (χ1) is 8.04. The van der Waals surface area contributed by atoms with E-state index in [-0.39, 0.29) is 10.8 Å². The summed E-state index contributed by atoms with van der Waals surface area (Å²) in [6.07, 6.45) is 4.45. The van der Waals surface area contributed by atoms with Crippen LogP contribution in [-0.2, 0) is 9.22 Å². The van der Waals surface area contributed by atoms with Gasteiger partial charge in [0, 0.05) is 6.42 Å². The lowest BCUT2D eigenvalue weighted by Crippen LogP contribution is -2.40. The maximum absolute atomic E-state index is 11.9. The van der Waals surface area contributed by atoms with Gasteiger partial charge in [-0.3, -0.25) is 4.79 Å². The van der Waals surface area contributed by atoms with Crippen LogP contribution in [-0.4, -0.2) is 14.1 Å². The Morgan fingerprint density at radius 1 is 1.33 bits per heavy atom. The predicted molar refractivity (Wildman–Crippen MR) is 78.9 cm³/mol. The summed E-state index contributed by atoms with van der Waals surface area (Å²) in [6.45, 7) is 15.2. The Morgan fingerprint density at radius 2 is 1.89 bits per heavy atom. The van der Waals surface area contributed by atoms with Crippen molar-refractivity contribution in [3.8, 4) is 0 Å². The third kappa shape index (κ3) is 3.34. The van der Waals surface area contributed by atoms with Crippen molar-refractivity contribution in [1.29, 1.82) is 0 Å². The third-order valence-electron chi connectivity index (χ3n) is 3.71. The van der Waals surface area contributed by atoms with Gasteiger partial charge in [-0.25, -0.2) is 0 Å². The number of allylic oxidation sites excluding steroid dienone is 3. The van der Waals surface area contributed by atoms with E-state index in [4.69, 9.17) is 4.43 Å². The average molecular weight is 266 g/mol. The second kappa shape index (κ2) is 5.04. The summed E-state index contributed by atoms with van der Waals surface area (Å²) in [5, 5.41) is 0.155. The van der Waals surface area contributed by atoms with E-state index in [0.29, 0.717) is 12.3 Å². The first kappa shape index (κ1) is 15.2. The molecule has 0 saturated heterocycles. The Bertz CT molecular complexity index is 395. The highest BCUT2D eigenvalue weighted by Crippen LogP contribution is 2.40. The molecule has 0 atom stereocenters. The highest BCUT2D eigenvalue weighted by molar-refractivity contribution is 6.74. The summed E-state index contributed by atoms with van der Waals surface area (Å²) in [7, 11) is -1.85. The summed E-state index contributed by atoms with van der Waals surface area (Å²) in [4.78, 5) is 11.9. The van der Waals surface area contributed by atoms with Gasteiger partial charge in [0.2, 0.25) is 8.32 Å². The lowest BCUT2D eigenvalue weighted by Gasteiger charge is -2.37. The average Bonchev–Trinajstić information content (AvgIpc) is 2.46. The summed E-state index contributed by atoms with van der Waals surface area (Å²) in [5.74, 6) is 1.38. The molecule has 2 nitrogen and oxygen atoms in total. The van der Waals surface area contributed by atoms with Crippen LogP contribution in [0, 0.1) is 5.92 Å². The van der Waals surface area contributed by atoms with Crippen LogP contribution in [0.25, 0.3) is 0 Å². The van der Waals surface area contributed by atoms with Gasteiger partial charge in [-0.1, -0.05) is 40.7 Å². The van der Waals surface area contributed by atoms with Gasteiger partial charge in [0.15, 0.2) is 5.78 Å². The van der Waals surface area contributed by atoms with Crippen molar-refractivity contribution in [2.75, 3.05) is 0 Å². The number of hydrogen-bond donors (Lipinski definition) is 0. The molecule has 0 fully saturated rings. The Morgan fingerprint density at radius 3 is 2.33 bits per heavy atom. The number of ketones is 1. The highest BCUT2D eigenvalue weighted by Gasteiger charge is 2.40. The molecule has 3 heteroatoms. The largest absolute Gasteiger partial charge is 0.543 e. The molecule has 0 spiro atoms. The topological polar surface area (TPSA) is 26.3 Å². The molecule has 18 heavy (non-hydrogen) atoms. The van der Waals surface area contributed by atoms with E-state index in [2.05, 4.69) is 47.7 Å². The monoisotopic (exact) mass is 266 g/mol. The fourth-order valence-corrected chi connectivity index (χ4v) is 2.63. The molecule has 0 aliphatic heterocycles. The van der Waals surface area contributed by atoms with E-state index in [1.165, 1.54) is 0 Å². The Hall–Kier alpha value is -0.833. The zero-order valence-electron chi connectivity index (χ0n) is 12.8. The SMILES string of the molecule is CC(C)C=C1C(=O)CC=C1O[Si](C)(C)C(C)(C)C. The van der Waals surface area contributed by atoms with Crippen LogP contribution >= 0.6 is 0 Å². The number of hydrogen-bond acceptors (Lipinski definition) is 2. The van der Waals surface area contributed by atoms with Gasteiger partial charge < -0.3 is 4.43 Å². The van der Waals surface area contributed by atoms with Crippen LogP contribution in [0.15, 0.2) is 23.5 Å². The molecule has 0 unspecified atom stereocenters. The first-order valence-corrected chi connectivity index (χ1v) is 9.60. The van der Waals surface area contributed by atoms with E-state index in [1.807, 2.05) is 12.2 Å². The molecule has 0 aromatic carbocycles. The summed E-state index contributed by atoms with van der Waals surface area (Å²) >= 11 is 0. The molecule has 0 N–H and O–H groups in total. The van der Waals surface area contributed by atoms with Gasteiger partial charge in [0.1, 0.15) is 5.76 Å². The van der Waals surface area contributed by atoms with Crippen molar-refractivity contribution in [3.63, 3.8) is 0 Å². The van der Waals surface area contributed by atoms with Crippen LogP contribution in [0.1, 0.15) is 41.0 Å². The third-order valence-corrected chi connectivity index (χ3v) is 8.05. The molecule has 0 saturated carbocycles. The van der Waals surface area contributed by atoms with Crippen LogP contribution in [0.5, 0.6) is 0 Å². The molecule has 1 aliphatic rings. The lowest BCUT2D eigenvalue weighted by molar-refractivity contribution is -0.114. The van der Waals surface area contributed by atoms with Crippen molar-refractivity contribution in [3.05, 3.63) is 23.5 Å². The number of rotatable bonds is 3. The van der Waals surface area contributed by atoms with Gasteiger partial charge in [-0.2, -0.15) is 0 Å². The molecule has 0 aromatic rings. The van der Waals surface area contributed by atoms with Gasteiger partial charge in [0.25, 0.3) is 0 Å². The molecular weight excluding hydrogens is 240 g/mol. The van der Waals surface area contributed by atoms with Crippen LogP contribution < -0.4 is 0 Å². The molecule has 102 valence electrons. The number of Topliss-reactive ketones (excluding diaryl/α,β-unsaturated/α-hetero) is 1. The van der Waals surface area contributed by atoms with E-state index >= 15 is 0 Å². The van der Waals surface area contributed by atoms with Gasteiger partial charge in [-0.15, -0.1) is 0 Å². The minimum absolute atomic E-state index is 0.155. The van der Waals surface area contributed by atoms with Crippen LogP contribution in [0.3, 0.4) is 0 Å². The van der Waals surface area contributed by atoms with Crippen molar-refractivity contribution in [2.24, 2.45) is 5.92 Å². The van der Waals surface area contributed by atoms with Gasteiger partial charge in [0.05, 0.1) is 5.57 Å². The Labute approximate surface area is 112 Å². The zero-order valence-corrected chi connectivity index (χ0v) is 13.8.